The largest absolute Gasteiger partial charge is 0.319 e. The van der Waals surface area contributed by atoms with Gasteiger partial charge in [0.1, 0.15) is 0 Å². The lowest BCUT2D eigenvalue weighted by atomic mass is 9.99. The first-order chi connectivity index (χ1) is 9.32. The first-order valence-corrected chi connectivity index (χ1v) is 8.16. The molecule has 1 atom stereocenters. The van der Waals surface area contributed by atoms with E-state index in [0.29, 0.717) is 0 Å². The number of hydrogen-bond acceptors (Lipinski definition) is 2. The van der Waals surface area contributed by atoms with Gasteiger partial charge in [0.2, 0.25) is 0 Å². The number of aryl methyl sites for hydroxylation is 2. The molecule has 5 heteroatoms. The second kappa shape index (κ2) is 6.00. The highest BCUT2D eigenvalue weighted by molar-refractivity contribution is 9.10. The van der Waals surface area contributed by atoms with Crippen LogP contribution in [0.4, 0.5) is 0 Å². The highest BCUT2D eigenvalue weighted by Crippen LogP contribution is 2.31. The summed E-state index contributed by atoms with van der Waals surface area (Å²) in [5.41, 5.74) is 11.0. The Morgan fingerprint density at radius 2 is 1.70 bits per heavy atom. The van der Waals surface area contributed by atoms with Crippen molar-refractivity contribution in [3.05, 3.63) is 49.7 Å². The van der Waals surface area contributed by atoms with Gasteiger partial charge in [-0.2, -0.15) is 5.10 Å². The third-order valence-electron chi connectivity index (χ3n) is 3.39. The predicted octanol–water partition coefficient (Wildman–Crippen LogP) is 4.65. The molecule has 2 N–H and O–H groups in total. The molecule has 2 aromatic rings. The summed E-state index contributed by atoms with van der Waals surface area (Å²) in [6, 6.07) is 4.34. The van der Waals surface area contributed by atoms with Crippen molar-refractivity contribution in [3.8, 4) is 0 Å². The van der Waals surface area contributed by atoms with Gasteiger partial charge >= 0.3 is 0 Å². The summed E-state index contributed by atoms with van der Waals surface area (Å²) < 4.78 is 4.07. The molecule has 0 amide bonds. The zero-order valence-corrected chi connectivity index (χ0v) is 15.3. The minimum atomic E-state index is -0.195. The fourth-order valence-electron chi connectivity index (χ4n) is 2.37. The lowest BCUT2D eigenvalue weighted by Crippen LogP contribution is -2.19. The topological polar surface area (TPSA) is 43.8 Å². The summed E-state index contributed by atoms with van der Waals surface area (Å²) in [6.07, 6.45) is 1.81. The van der Waals surface area contributed by atoms with Gasteiger partial charge in [0, 0.05) is 10.5 Å². The van der Waals surface area contributed by atoms with Gasteiger partial charge in [-0.1, -0.05) is 28.1 Å². The Labute approximate surface area is 136 Å². The van der Waals surface area contributed by atoms with Crippen molar-refractivity contribution in [1.29, 1.82) is 0 Å². The van der Waals surface area contributed by atoms with E-state index in [2.05, 4.69) is 76.8 Å². The molecule has 0 bridgehead atoms. The van der Waals surface area contributed by atoms with E-state index in [1.165, 1.54) is 11.1 Å². The second-order valence-electron chi connectivity index (χ2n) is 5.36. The maximum atomic E-state index is 6.48. The van der Waals surface area contributed by atoms with Crippen LogP contribution in [-0.4, -0.2) is 9.78 Å². The third-order valence-corrected chi connectivity index (χ3v) is 5.25. The highest BCUT2D eigenvalue weighted by Gasteiger charge is 2.20. The Morgan fingerprint density at radius 1 is 1.15 bits per heavy atom. The fourth-order valence-corrected chi connectivity index (χ4v) is 3.12. The third kappa shape index (κ3) is 2.85. The van der Waals surface area contributed by atoms with Gasteiger partial charge in [-0.25, -0.2) is 0 Å². The number of nitrogens with two attached hydrogens (primary N) is 1. The normalized spacial score (nSPS) is 13.0. The molecule has 0 aliphatic carbocycles. The van der Waals surface area contributed by atoms with Crippen LogP contribution in [0.15, 0.2) is 27.3 Å². The Balaban J connectivity index is 2.52. The van der Waals surface area contributed by atoms with E-state index < -0.39 is 0 Å². The van der Waals surface area contributed by atoms with Crippen molar-refractivity contribution in [3.63, 3.8) is 0 Å². The molecular weight excluding hydrogens is 382 g/mol. The van der Waals surface area contributed by atoms with E-state index in [1.54, 1.807) is 0 Å². The van der Waals surface area contributed by atoms with E-state index in [4.69, 9.17) is 5.73 Å². The minimum absolute atomic E-state index is 0.195. The molecule has 0 fully saturated rings. The minimum Gasteiger partial charge on any atom is -0.319 e. The van der Waals surface area contributed by atoms with Gasteiger partial charge < -0.3 is 5.73 Å². The molecule has 3 nitrogen and oxygen atoms in total. The smallest absolute Gasteiger partial charge is 0.0741 e. The van der Waals surface area contributed by atoms with E-state index in [9.17, 15) is 0 Å². The summed E-state index contributed by atoms with van der Waals surface area (Å²) in [5, 5.41) is 4.40. The Morgan fingerprint density at radius 3 is 2.20 bits per heavy atom. The molecule has 0 radical (unpaired) electrons. The van der Waals surface area contributed by atoms with Gasteiger partial charge in [0.25, 0.3) is 0 Å². The van der Waals surface area contributed by atoms with Crippen LogP contribution in [0.3, 0.4) is 0 Å². The van der Waals surface area contributed by atoms with E-state index in [1.807, 2.05) is 10.9 Å². The number of rotatable bonds is 3. The van der Waals surface area contributed by atoms with E-state index >= 15 is 0 Å². The molecule has 1 aromatic carbocycles. The standard InChI is InChI=1S/C15H19Br2N3/c1-8(2)20-15(12(16)7-19-20)14(18)11-5-9(3)13(17)10(4)6-11/h5-8,14H,18H2,1-4H3. The number of halogens is 2. The number of hydrogen-bond donors (Lipinski definition) is 1. The van der Waals surface area contributed by atoms with Crippen LogP contribution in [0.2, 0.25) is 0 Å². The summed E-state index contributed by atoms with van der Waals surface area (Å²) >= 11 is 7.16. The van der Waals surface area contributed by atoms with Crippen LogP contribution < -0.4 is 5.73 Å². The summed E-state index contributed by atoms with van der Waals surface area (Å²) in [5.74, 6) is 0. The van der Waals surface area contributed by atoms with Crippen molar-refractivity contribution < 1.29 is 0 Å². The predicted molar refractivity (Wildman–Crippen MR) is 90.0 cm³/mol. The maximum absolute atomic E-state index is 6.48. The maximum Gasteiger partial charge on any atom is 0.0741 e. The van der Waals surface area contributed by atoms with Crippen molar-refractivity contribution in [1.82, 2.24) is 9.78 Å². The molecule has 108 valence electrons. The van der Waals surface area contributed by atoms with Crippen molar-refractivity contribution in [2.45, 2.75) is 39.8 Å². The summed E-state index contributed by atoms with van der Waals surface area (Å²) in [4.78, 5) is 0. The molecule has 1 heterocycles. The molecule has 1 aromatic heterocycles. The van der Waals surface area contributed by atoms with Crippen molar-refractivity contribution >= 4 is 31.9 Å². The van der Waals surface area contributed by atoms with Crippen molar-refractivity contribution in [2.75, 3.05) is 0 Å². The zero-order valence-electron chi connectivity index (χ0n) is 12.1. The number of aromatic nitrogens is 2. The fraction of sp³-hybridized carbons (Fsp3) is 0.400. The lowest BCUT2D eigenvalue weighted by Gasteiger charge is -2.19. The molecule has 0 saturated carbocycles. The van der Waals surface area contributed by atoms with Crippen LogP contribution in [0, 0.1) is 13.8 Å². The van der Waals surface area contributed by atoms with E-state index in [0.717, 1.165) is 20.2 Å². The molecule has 0 aliphatic heterocycles. The van der Waals surface area contributed by atoms with Gasteiger partial charge in [-0.15, -0.1) is 0 Å². The molecule has 2 rings (SSSR count). The quantitative estimate of drug-likeness (QED) is 0.814. The summed E-state index contributed by atoms with van der Waals surface area (Å²) in [7, 11) is 0. The monoisotopic (exact) mass is 399 g/mol. The van der Waals surface area contributed by atoms with Crippen LogP contribution >= 0.6 is 31.9 Å². The molecule has 0 aliphatic rings. The molecule has 0 spiro atoms. The van der Waals surface area contributed by atoms with Gasteiger partial charge in [0.15, 0.2) is 0 Å². The molecule has 20 heavy (non-hydrogen) atoms. The first-order valence-electron chi connectivity index (χ1n) is 6.58. The highest BCUT2D eigenvalue weighted by atomic mass is 79.9. The van der Waals surface area contributed by atoms with Gasteiger partial charge in [0.05, 0.1) is 22.4 Å². The summed E-state index contributed by atoms with van der Waals surface area (Å²) in [6.45, 7) is 8.38. The van der Waals surface area contributed by atoms with E-state index in [-0.39, 0.29) is 12.1 Å². The Bertz CT molecular complexity index is 609. The molecule has 0 saturated heterocycles. The first kappa shape index (κ1) is 15.7. The average Bonchev–Trinajstić information content (AvgIpc) is 2.76. The zero-order chi connectivity index (χ0) is 15.0. The van der Waals surface area contributed by atoms with Crippen LogP contribution in [0.5, 0.6) is 0 Å². The Kier molecular flexibility index (Phi) is 4.72. The average molecular weight is 401 g/mol. The lowest BCUT2D eigenvalue weighted by molar-refractivity contribution is 0.498. The van der Waals surface area contributed by atoms with Crippen LogP contribution in [0.25, 0.3) is 0 Å². The van der Waals surface area contributed by atoms with Crippen LogP contribution in [-0.2, 0) is 0 Å². The number of benzene rings is 1. The van der Waals surface area contributed by atoms with Gasteiger partial charge in [-0.05, 0) is 60.3 Å². The van der Waals surface area contributed by atoms with Crippen molar-refractivity contribution in [2.24, 2.45) is 5.73 Å². The molecular formula is C15H19Br2N3. The van der Waals surface area contributed by atoms with Gasteiger partial charge in [-0.3, -0.25) is 4.68 Å². The number of nitrogens with zero attached hydrogens (tertiary/aromatic N) is 2. The Hall–Kier alpha value is -0.650. The SMILES string of the molecule is Cc1cc(C(N)c2c(Br)cnn2C(C)C)cc(C)c1Br. The van der Waals surface area contributed by atoms with Crippen LogP contribution in [0.1, 0.15) is 48.3 Å². The molecule has 1 unspecified atom stereocenters. The second-order valence-corrected chi connectivity index (χ2v) is 7.01.